The first-order valence-corrected chi connectivity index (χ1v) is 3.53. The highest BCUT2D eigenvalue weighted by Crippen LogP contribution is 2.02. The lowest BCUT2D eigenvalue weighted by Crippen LogP contribution is -1.88. The van der Waals surface area contributed by atoms with Crippen molar-refractivity contribution in [3.05, 3.63) is 0 Å². The second-order valence-corrected chi connectivity index (χ2v) is 2.60. The van der Waals surface area contributed by atoms with E-state index < -0.39 is 0 Å². The van der Waals surface area contributed by atoms with Gasteiger partial charge in [0, 0.05) is 7.05 Å². The Bertz CT molecular complexity index is 77.0. The summed E-state index contributed by atoms with van der Waals surface area (Å²) in [5, 5.41) is 7.53. The highest BCUT2D eigenvalue weighted by atomic mass is 15.1. The van der Waals surface area contributed by atoms with Crippen LogP contribution < -0.4 is 0 Å². The third kappa shape index (κ3) is 7.60. The molecule has 0 aliphatic rings. The van der Waals surface area contributed by atoms with Gasteiger partial charge in [0.2, 0.25) is 0 Å². The molecule has 2 nitrogen and oxygen atoms in total. The standard InChI is InChI=1S/C7H16N2/c1-7(2)5-4-6-9-8-3/h7H,4-6H2,1-3H3. The van der Waals surface area contributed by atoms with E-state index in [1.165, 1.54) is 12.8 Å². The van der Waals surface area contributed by atoms with Crippen molar-refractivity contribution in [3.8, 4) is 0 Å². The number of azo groups is 1. The van der Waals surface area contributed by atoms with E-state index in [0.29, 0.717) is 0 Å². The third-order valence-corrected chi connectivity index (χ3v) is 1.18. The largest absolute Gasteiger partial charge is 0.198 e. The smallest absolute Gasteiger partial charge is 0.0598 e. The van der Waals surface area contributed by atoms with Crippen LogP contribution in [0.2, 0.25) is 0 Å². The molecule has 0 bridgehead atoms. The molecule has 0 heterocycles. The van der Waals surface area contributed by atoms with Gasteiger partial charge in [0.05, 0.1) is 6.54 Å². The van der Waals surface area contributed by atoms with E-state index in [1.54, 1.807) is 7.05 Å². The van der Waals surface area contributed by atoms with Crippen molar-refractivity contribution in [2.45, 2.75) is 26.7 Å². The predicted octanol–water partition coefficient (Wildman–Crippen LogP) is 2.50. The van der Waals surface area contributed by atoms with Crippen LogP contribution in [0.3, 0.4) is 0 Å². The molecule has 0 saturated heterocycles. The molecule has 0 radical (unpaired) electrons. The van der Waals surface area contributed by atoms with Crippen LogP contribution in [0.15, 0.2) is 10.2 Å². The van der Waals surface area contributed by atoms with Crippen LogP contribution in [0, 0.1) is 5.92 Å². The molecule has 54 valence electrons. The highest BCUT2D eigenvalue weighted by Gasteiger charge is 1.90. The van der Waals surface area contributed by atoms with Gasteiger partial charge in [-0.1, -0.05) is 13.8 Å². The Morgan fingerprint density at radius 3 is 2.44 bits per heavy atom. The number of rotatable bonds is 4. The van der Waals surface area contributed by atoms with Crippen LogP contribution in [0.4, 0.5) is 0 Å². The topological polar surface area (TPSA) is 24.7 Å². The first-order valence-electron chi connectivity index (χ1n) is 3.53. The quantitative estimate of drug-likeness (QED) is 0.410. The Kier molecular flexibility index (Phi) is 5.48. The van der Waals surface area contributed by atoms with Crippen LogP contribution in [0.1, 0.15) is 26.7 Å². The first-order chi connectivity index (χ1) is 4.27. The second kappa shape index (κ2) is 5.73. The summed E-state index contributed by atoms with van der Waals surface area (Å²) in [7, 11) is 1.72. The summed E-state index contributed by atoms with van der Waals surface area (Å²) < 4.78 is 0. The van der Waals surface area contributed by atoms with Crippen molar-refractivity contribution in [3.63, 3.8) is 0 Å². The fourth-order valence-corrected chi connectivity index (χ4v) is 0.670. The van der Waals surface area contributed by atoms with Gasteiger partial charge in [0.1, 0.15) is 0 Å². The van der Waals surface area contributed by atoms with E-state index in [2.05, 4.69) is 24.1 Å². The zero-order valence-corrected chi connectivity index (χ0v) is 6.59. The Morgan fingerprint density at radius 1 is 1.33 bits per heavy atom. The van der Waals surface area contributed by atoms with Gasteiger partial charge in [0.15, 0.2) is 0 Å². The van der Waals surface area contributed by atoms with Crippen molar-refractivity contribution >= 4 is 0 Å². The molecule has 0 spiro atoms. The third-order valence-electron chi connectivity index (χ3n) is 1.18. The molecule has 0 fully saturated rings. The van der Waals surface area contributed by atoms with E-state index in [1.807, 2.05) is 0 Å². The first kappa shape index (κ1) is 8.60. The summed E-state index contributed by atoms with van der Waals surface area (Å²) in [4.78, 5) is 0. The maximum atomic E-state index is 3.87. The normalized spacial score (nSPS) is 11.6. The minimum absolute atomic E-state index is 0.803. The monoisotopic (exact) mass is 128 g/mol. The summed E-state index contributed by atoms with van der Waals surface area (Å²) in [6.45, 7) is 5.35. The zero-order chi connectivity index (χ0) is 7.11. The average molecular weight is 128 g/mol. The summed E-state index contributed by atoms with van der Waals surface area (Å²) in [6.07, 6.45) is 2.44. The Hall–Kier alpha value is -0.400. The Labute approximate surface area is 57.4 Å². The summed E-state index contributed by atoms with van der Waals surface area (Å²) in [5.41, 5.74) is 0. The second-order valence-electron chi connectivity index (χ2n) is 2.60. The molecule has 0 aromatic rings. The van der Waals surface area contributed by atoms with Crippen molar-refractivity contribution < 1.29 is 0 Å². The van der Waals surface area contributed by atoms with Crippen LogP contribution >= 0.6 is 0 Å². The van der Waals surface area contributed by atoms with Crippen LogP contribution in [-0.4, -0.2) is 13.6 Å². The molecule has 0 rings (SSSR count). The molecule has 0 atom stereocenters. The van der Waals surface area contributed by atoms with Gasteiger partial charge >= 0.3 is 0 Å². The maximum absolute atomic E-state index is 3.87. The Balaban J connectivity index is 2.91. The minimum Gasteiger partial charge on any atom is -0.198 e. The molecule has 2 heteroatoms. The van der Waals surface area contributed by atoms with Crippen molar-refractivity contribution in [1.29, 1.82) is 0 Å². The van der Waals surface area contributed by atoms with Gasteiger partial charge in [-0.3, -0.25) is 0 Å². The lowest BCUT2D eigenvalue weighted by atomic mass is 10.1. The molecule has 0 aromatic carbocycles. The van der Waals surface area contributed by atoms with Crippen molar-refractivity contribution in [2.75, 3.05) is 13.6 Å². The Morgan fingerprint density at radius 2 is 2.00 bits per heavy atom. The minimum atomic E-state index is 0.803. The van der Waals surface area contributed by atoms with E-state index >= 15 is 0 Å². The van der Waals surface area contributed by atoms with Crippen LogP contribution in [0.25, 0.3) is 0 Å². The molecule has 0 aliphatic heterocycles. The van der Waals surface area contributed by atoms with Gasteiger partial charge < -0.3 is 0 Å². The summed E-state index contributed by atoms with van der Waals surface area (Å²) in [6, 6.07) is 0. The number of hydrogen-bond donors (Lipinski definition) is 0. The van der Waals surface area contributed by atoms with E-state index in [4.69, 9.17) is 0 Å². The van der Waals surface area contributed by atoms with Crippen molar-refractivity contribution in [2.24, 2.45) is 16.1 Å². The number of hydrogen-bond acceptors (Lipinski definition) is 2. The average Bonchev–Trinajstić information content (AvgIpc) is 1.80. The molecular formula is C7H16N2. The van der Waals surface area contributed by atoms with Gasteiger partial charge in [-0.05, 0) is 18.8 Å². The van der Waals surface area contributed by atoms with Crippen LogP contribution in [-0.2, 0) is 0 Å². The lowest BCUT2D eigenvalue weighted by molar-refractivity contribution is 0.557. The van der Waals surface area contributed by atoms with Gasteiger partial charge in [-0.2, -0.15) is 10.2 Å². The SMILES string of the molecule is CN=NCCCC(C)C. The van der Waals surface area contributed by atoms with E-state index in [0.717, 1.165) is 12.5 Å². The maximum Gasteiger partial charge on any atom is 0.0598 e. The fraction of sp³-hybridized carbons (Fsp3) is 1.00. The van der Waals surface area contributed by atoms with Gasteiger partial charge in [-0.25, -0.2) is 0 Å². The molecule has 0 aromatic heterocycles. The van der Waals surface area contributed by atoms with Gasteiger partial charge in [-0.15, -0.1) is 0 Å². The molecule has 9 heavy (non-hydrogen) atoms. The van der Waals surface area contributed by atoms with Gasteiger partial charge in [0.25, 0.3) is 0 Å². The lowest BCUT2D eigenvalue weighted by Gasteiger charge is -1.99. The van der Waals surface area contributed by atoms with Crippen LogP contribution in [0.5, 0.6) is 0 Å². The number of nitrogens with zero attached hydrogens (tertiary/aromatic N) is 2. The molecule has 0 unspecified atom stereocenters. The fourth-order valence-electron chi connectivity index (χ4n) is 0.670. The van der Waals surface area contributed by atoms with E-state index in [9.17, 15) is 0 Å². The summed E-state index contributed by atoms with van der Waals surface area (Å²) in [5.74, 6) is 0.803. The molecule has 0 saturated carbocycles. The predicted molar refractivity (Wildman–Crippen MR) is 39.7 cm³/mol. The molecule has 0 N–H and O–H groups in total. The molecular weight excluding hydrogens is 112 g/mol. The van der Waals surface area contributed by atoms with Crippen molar-refractivity contribution in [1.82, 2.24) is 0 Å². The zero-order valence-electron chi connectivity index (χ0n) is 6.59. The van der Waals surface area contributed by atoms with E-state index in [-0.39, 0.29) is 0 Å². The summed E-state index contributed by atoms with van der Waals surface area (Å²) >= 11 is 0. The molecule has 0 amide bonds. The molecule has 0 aliphatic carbocycles. The highest BCUT2D eigenvalue weighted by molar-refractivity contribution is 4.46.